The molecule has 0 fully saturated rings. The van der Waals surface area contributed by atoms with Crippen LogP contribution in [-0.2, 0) is 0 Å². The summed E-state index contributed by atoms with van der Waals surface area (Å²) in [7, 11) is 0. The van der Waals surface area contributed by atoms with Crippen LogP contribution in [0, 0.1) is 11.6 Å². The Labute approximate surface area is 115 Å². The van der Waals surface area contributed by atoms with Crippen LogP contribution in [0.15, 0.2) is 16.6 Å². The molecule has 5 heteroatoms. The van der Waals surface area contributed by atoms with Crippen LogP contribution in [0.25, 0.3) is 0 Å². The van der Waals surface area contributed by atoms with E-state index in [2.05, 4.69) is 35.1 Å². The third-order valence-electron chi connectivity index (χ3n) is 2.65. The average Bonchev–Trinajstić information content (AvgIpc) is 2.32. The molecule has 0 aliphatic heterocycles. The first-order chi connectivity index (χ1) is 8.43. The maximum Gasteiger partial charge on any atom is 0.200 e. The molecule has 0 aliphatic rings. The number of halogens is 3. The Hall–Kier alpha value is -0.680. The summed E-state index contributed by atoms with van der Waals surface area (Å²) in [5.41, 5.74) is 0. The summed E-state index contributed by atoms with van der Waals surface area (Å²) in [6.07, 6.45) is 0.772. The van der Waals surface area contributed by atoms with Gasteiger partial charge in [0.05, 0.1) is 0 Å². The predicted octanol–water partition coefficient (Wildman–Crippen LogP) is 3.88. The fraction of sp³-hybridized carbons (Fsp3) is 0.538. The summed E-state index contributed by atoms with van der Waals surface area (Å²) in [6, 6.07) is 2.88. The molecule has 0 saturated heterocycles. The molecule has 0 spiro atoms. The molecule has 1 aromatic rings. The van der Waals surface area contributed by atoms with Crippen molar-refractivity contribution in [1.82, 2.24) is 5.32 Å². The normalized spacial score (nSPS) is 14.3. The average molecular weight is 322 g/mol. The van der Waals surface area contributed by atoms with E-state index in [1.165, 1.54) is 6.07 Å². The van der Waals surface area contributed by atoms with Crippen LogP contribution in [0.3, 0.4) is 0 Å². The number of hydrogen-bond donors (Lipinski definition) is 1. The Morgan fingerprint density at radius 1 is 1.33 bits per heavy atom. The first-order valence-corrected chi connectivity index (χ1v) is 6.78. The van der Waals surface area contributed by atoms with Crippen molar-refractivity contribution < 1.29 is 13.5 Å². The van der Waals surface area contributed by atoms with Crippen molar-refractivity contribution >= 4 is 15.9 Å². The van der Waals surface area contributed by atoms with E-state index in [1.54, 1.807) is 0 Å². The highest BCUT2D eigenvalue weighted by molar-refractivity contribution is 9.10. The van der Waals surface area contributed by atoms with Gasteiger partial charge in [0.25, 0.3) is 0 Å². The number of nitrogens with one attached hydrogen (secondary N) is 1. The van der Waals surface area contributed by atoms with E-state index in [4.69, 9.17) is 4.74 Å². The summed E-state index contributed by atoms with van der Waals surface area (Å²) in [5.74, 6) is -1.93. The zero-order chi connectivity index (χ0) is 13.7. The van der Waals surface area contributed by atoms with Crippen molar-refractivity contribution in [2.24, 2.45) is 0 Å². The minimum Gasteiger partial charge on any atom is -0.486 e. The van der Waals surface area contributed by atoms with E-state index in [0.717, 1.165) is 12.5 Å². The van der Waals surface area contributed by atoms with Gasteiger partial charge in [0.1, 0.15) is 6.10 Å². The number of rotatable bonds is 6. The third-order valence-corrected chi connectivity index (χ3v) is 3.11. The Morgan fingerprint density at radius 3 is 2.61 bits per heavy atom. The zero-order valence-electron chi connectivity index (χ0n) is 10.8. The molecule has 0 heterocycles. The highest BCUT2D eigenvalue weighted by atomic mass is 79.9. The summed E-state index contributed by atoms with van der Waals surface area (Å²) in [6.45, 7) is 6.54. The van der Waals surface area contributed by atoms with E-state index >= 15 is 0 Å². The molecule has 102 valence electrons. The molecule has 0 aliphatic carbocycles. The molecule has 1 aromatic carbocycles. The van der Waals surface area contributed by atoms with Gasteiger partial charge in [-0.1, -0.05) is 22.9 Å². The van der Waals surface area contributed by atoms with Crippen molar-refractivity contribution in [3.8, 4) is 5.75 Å². The van der Waals surface area contributed by atoms with Crippen molar-refractivity contribution in [3.05, 3.63) is 28.2 Å². The minimum absolute atomic E-state index is 0.0691. The summed E-state index contributed by atoms with van der Waals surface area (Å²) in [4.78, 5) is 0. The first-order valence-electron chi connectivity index (χ1n) is 5.98. The molecule has 2 nitrogen and oxygen atoms in total. The molecule has 0 aromatic heterocycles. The van der Waals surface area contributed by atoms with Crippen LogP contribution in [0.4, 0.5) is 8.78 Å². The van der Waals surface area contributed by atoms with Crippen molar-refractivity contribution in [2.75, 3.05) is 6.54 Å². The Morgan fingerprint density at radius 2 is 2.00 bits per heavy atom. The van der Waals surface area contributed by atoms with E-state index in [0.29, 0.717) is 17.1 Å². The highest BCUT2D eigenvalue weighted by Crippen LogP contribution is 2.26. The minimum atomic E-state index is -0.950. The smallest absolute Gasteiger partial charge is 0.200 e. The lowest BCUT2D eigenvalue weighted by molar-refractivity contribution is 0.200. The van der Waals surface area contributed by atoms with Gasteiger partial charge in [0.2, 0.25) is 5.82 Å². The number of hydrogen-bond acceptors (Lipinski definition) is 2. The van der Waals surface area contributed by atoms with Crippen molar-refractivity contribution in [2.45, 2.75) is 39.3 Å². The van der Waals surface area contributed by atoms with E-state index in [-0.39, 0.29) is 11.9 Å². The lowest BCUT2D eigenvalue weighted by Gasteiger charge is -2.18. The van der Waals surface area contributed by atoms with Gasteiger partial charge in [-0.3, -0.25) is 0 Å². The molecular weight excluding hydrogens is 304 g/mol. The molecule has 0 radical (unpaired) electrons. The standard InChI is InChI=1S/C13H18BrF2NO/c1-4-8(2)17-7-9(3)18-12-6-10(14)5-11(15)13(12)16/h5-6,8-9,17H,4,7H2,1-3H3. The third kappa shape index (κ3) is 4.53. The maximum absolute atomic E-state index is 13.5. The molecular formula is C13H18BrF2NO. The van der Waals surface area contributed by atoms with Crippen molar-refractivity contribution in [1.29, 1.82) is 0 Å². The molecule has 18 heavy (non-hydrogen) atoms. The van der Waals surface area contributed by atoms with Gasteiger partial charge in [-0.05, 0) is 32.4 Å². The van der Waals surface area contributed by atoms with E-state index in [1.807, 2.05) is 6.92 Å². The fourth-order valence-corrected chi connectivity index (χ4v) is 1.80. The zero-order valence-corrected chi connectivity index (χ0v) is 12.4. The van der Waals surface area contributed by atoms with Crippen LogP contribution in [-0.4, -0.2) is 18.7 Å². The van der Waals surface area contributed by atoms with Gasteiger partial charge in [-0.15, -0.1) is 0 Å². The molecule has 1 rings (SSSR count). The second kappa shape index (κ2) is 7.04. The van der Waals surface area contributed by atoms with Crippen LogP contribution in [0.2, 0.25) is 0 Å². The molecule has 2 unspecified atom stereocenters. The second-order valence-electron chi connectivity index (χ2n) is 4.35. The highest BCUT2D eigenvalue weighted by Gasteiger charge is 2.14. The molecule has 1 N–H and O–H groups in total. The lowest BCUT2D eigenvalue weighted by Crippen LogP contribution is -2.34. The number of benzene rings is 1. The maximum atomic E-state index is 13.5. The summed E-state index contributed by atoms with van der Waals surface area (Å²) >= 11 is 3.11. The quantitative estimate of drug-likeness (QED) is 0.803. The summed E-state index contributed by atoms with van der Waals surface area (Å²) in [5, 5.41) is 3.25. The van der Waals surface area contributed by atoms with Crippen LogP contribution in [0.1, 0.15) is 27.2 Å². The Bertz CT molecular complexity index is 401. The molecule has 0 amide bonds. The van der Waals surface area contributed by atoms with E-state index in [9.17, 15) is 8.78 Å². The SMILES string of the molecule is CCC(C)NCC(C)Oc1cc(Br)cc(F)c1F. The Kier molecular flexibility index (Phi) is 6.02. The molecule has 0 saturated carbocycles. The van der Waals surface area contributed by atoms with Crippen molar-refractivity contribution in [3.63, 3.8) is 0 Å². The monoisotopic (exact) mass is 321 g/mol. The van der Waals surface area contributed by atoms with Gasteiger partial charge in [-0.2, -0.15) is 4.39 Å². The van der Waals surface area contributed by atoms with Crippen LogP contribution >= 0.6 is 15.9 Å². The van der Waals surface area contributed by atoms with Gasteiger partial charge in [0, 0.05) is 17.1 Å². The molecule has 0 bridgehead atoms. The van der Waals surface area contributed by atoms with Gasteiger partial charge in [-0.25, -0.2) is 4.39 Å². The van der Waals surface area contributed by atoms with E-state index < -0.39 is 11.6 Å². The topological polar surface area (TPSA) is 21.3 Å². The second-order valence-corrected chi connectivity index (χ2v) is 5.26. The van der Waals surface area contributed by atoms with Crippen LogP contribution in [0.5, 0.6) is 5.75 Å². The predicted molar refractivity (Wildman–Crippen MR) is 71.9 cm³/mol. The molecule has 2 atom stereocenters. The number of ether oxygens (including phenoxy) is 1. The van der Waals surface area contributed by atoms with Crippen LogP contribution < -0.4 is 10.1 Å². The van der Waals surface area contributed by atoms with Gasteiger partial charge in [0.15, 0.2) is 11.6 Å². The van der Waals surface area contributed by atoms with Gasteiger partial charge >= 0.3 is 0 Å². The largest absolute Gasteiger partial charge is 0.486 e. The van der Waals surface area contributed by atoms with Gasteiger partial charge < -0.3 is 10.1 Å². The Balaban J connectivity index is 2.61. The lowest BCUT2D eigenvalue weighted by atomic mass is 10.2. The first kappa shape index (κ1) is 15.4. The fourth-order valence-electron chi connectivity index (χ4n) is 1.39. The summed E-state index contributed by atoms with van der Waals surface area (Å²) < 4.78 is 32.5.